The Hall–Kier alpha value is -2.53. The molecule has 2 aromatic rings. The van der Waals surface area contributed by atoms with Gasteiger partial charge in [0, 0.05) is 23.4 Å². The van der Waals surface area contributed by atoms with E-state index >= 15 is 0 Å². The summed E-state index contributed by atoms with van der Waals surface area (Å²) in [6, 6.07) is 12.8. The third-order valence-corrected chi connectivity index (χ3v) is 3.98. The second-order valence-corrected chi connectivity index (χ2v) is 5.81. The second-order valence-electron chi connectivity index (χ2n) is 5.81. The zero-order valence-electron chi connectivity index (χ0n) is 14.0. The molecule has 1 unspecified atom stereocenters. The van der Waals surface area contributed by atoms with Crippen LogP contribution in [0.25, 0.3) is 0 Å². The fourth-order valence-electron chi connectivity index (χ4n) is 2.27. The first kappa shape index (κ1) is 17.8. The Balaban J connectivity index is 1.98. The Kier molecular flexibility index (Phi) is 5.82. The Morgan fingerprint density at radius 2 is 1.75 bits per heavy atom. The minimum atomic E-state index is -0.433. The van der Waals surface area contributed by atoms with E-state index in [0.29, 0.717) is 23.4 Å². The quantitative estimate of drug-likeness (QED) is 0.826. The normalized spacial score (nSPS) is 12.0. The van der Waals surface area contributed by atoms with Gasteiger partial charge in [-0.2, -0.15) is 0 Å². The number of hydrogen-bond acceptors (Lipinski definition) is 3. The topological polar surface area (TPSA) is 49.4 Å². The van der Waals surface area contributed by atoms with E-state index in [1.165, 1.54) is 13.0 Å². The number of ketones is 1. The second kappa shape index (κ2) is 7.84. The number of benzene rings is 2. The van der Waals surface area contributed by atoms with E-state index in [2.05, 4.69) is 5.32 Å². The van der Waals surface area contributed by atoms with E-state index in [1.807, 2.05) is 0 Å². The van der Waals surface area contributed by atoms with Crippen molar-refractivity contribution < 1.29 is 14.0 Å². The summed E-state index contributed by atoms with van der Waals surface area (Å²) in [5.41, 5.74) is 1.76. The number of carbonyl (C=O) groups excluding carboxylic acids is 2. The monoisotopic (exact) mass is 328 g/mol. The van der Waals surface area contributed by atoms with Crippen molar-refractivity contribution in [2.75, 3.05) is 12.4 Å². The third-order valence-electron chi connectivity index (χ3n) is 3.98. The maximum Gasteiger partial charge on any atom is 0.241 e. The fourth-order valence-corrected chi connectivity index (χ4v) is 2.27. The van der Waals surface area contributed by atoms with Crippen LogP contribution in [0.4, 0.5) is 10.1 Å². The van der Waals surface area contributed by atoms with E-state index in [4.69, 9.17) is 0 Å². The van der Waals surface area contributed by atoms with Crippen LogP contribution < -0.4 is 5.32 Å². The summed E-state index contributed by atoms with van der Waals surface area (Å²) in [6.45, 7) is 3.60. The average molecular weight is 328 g/mol. The lowest BCUT2D eigenvalue weighted by Gasteiger charge is -2.24. The summed E-state index contributed by atoms with van der Waals surface area (Å²) in [7, 11) is 1.77. The van der Waals surface area contributed by atoms with Crippen molar-refractivity contribution in [1.82, 2.24) is 4.90 Å². The molecule has 0 heterocycles. The molecule has 126 valence electrons. The summed E-state index contributed by atoms with van der Waals surface area (Å²) in [4.78, 5) is 25.4. The number of rotatable bonds is 6. The molecule has 0 saturated heterocycles. The van der Waals surface area contributed by atoms with E-state index in [-0.39, 0.29) is 17.5 Å². The molecule has 0 aliphatic carbocycles. The zero-order valence-corrected chi connectivity index (χ0v) is 14.0. The van der Waals surface area contributed by atoms with Gasteiger partial charge in [0.25, 0.3) is 0 Å². The highest BCUT2D eigenvalue weighted by molar-refractivity contribution is 5.96. The molecule has 1 N–H and O–H groups in total. The minimum absolute atomic E-state index is 0.0223. The van der Waals surface area contributed by atoms with E-state index in [1.54, 1.807) is 61.3 Å². The van der Waals surface area contributed by atoms with Crippen LogP contribution in [-0.2, 0) is 11.3 Å². The molecule has 24 heavy (non-hydrogen) atoms. The smallest absolute Gasteiger partial charge is 0.241 e. The maximum atomic E-state index is 13.7. The van der Waals surface area contributed by atoms with Crippen molar-refractivity contribution >= 4 is 17.4 Å². The molecule has 1 atom stereocenters. The highest BCUT2D eigenvalue weighted by atomic mass is 19.1. The number of likely N-dealkylation sites (N-methyl/N-ethyl adjacent to an activating group) is 1. The molecule has 0 bridgehead atoms. The van der Waals surface area contributed by atoms with Gasteiger partial charge in [-0.3, -0.25) is 14.5 Å². The van der Waals surface area contributed by atoms with E-state index < -0.39 is 6.04 Å². The van der Waals surface area contributed by atoms with Gasteiger partial charge in [-0.1, -0.05) is 18.2 Å². The molecule has 0 spiro atoms. The molecule has 0 aliphatic rings. The first-order valence-electron chi connectivity index (χ1n) is 7.74. The van der Waals surface area contributed by atoms with Crippen molar-refractivity contribution in [2.24, 2.45) is 0 Å². The lowest BCUT2D eigenvalue weighted by Crippen LogP contribution is -2.39. The van der Waals surface area contributed by atoms with Crippen LogP contribution in [0.1, 0.15) is 29.8 Å². The van der Waals surface area contributed by atoms with Crippen molar-refractivity contribution in [1.29, 1.82) is 0 Å². The van der Waals surface area contributed by atoms with Gasteiger partial charge in [-0.15, -0.1) is 0 Å². The predicted molar refractivity (Wildman–Crippen MR) is 92.4 cm³/mol. The van der Waals surface area contributed by atoms with Gasteiger partial charge < -0.3 is 5.32 Å². The van der Waals surface area contributed by atoms with Crippen LogP contribution in [-0.4, -0.2) is 29.7 Å². The van der Waals surface area contributed by atoms with Gasteiger partial charge in [0.2, 0.25) is 5.91 Å². The van der Waals surface area contributed by atoms with Crippen LogP contribution in [0, 0.1) is 5.82 Å². The fraction of sp³-hybridized carbons (Fsp3) is 0.263. The summed E-state index contributed by atoms with van der Waals surface area (Å²) in [5, 5.41) is 2.80. The minimum Gasteiger partial charge on any atom is -0.325 e. The Labute approximate surface area is 141 Å². The Morgan fingerprint density at radius 1 is 1.12 bits per heavy atom. The lowest BCUT2D eigenvalue weighted by atomic mass is 10.1. The number of carbonyl (C=O) groups is 2. The maximum absolute atomic E-state index is 13.7. The standard InChI is InChI=1S/C19H21FN2O2/c1-13(22(3)12-16-6-4-5-7-18(16)20)19(24)21-17-10-8-15(9-11-17)14(2)23/h4-11,13H,12H2,1-3H3,(H,21,24). The van der Waals surface area contributed by atoms with Gasteiger partial charge in [0.05, 0.1) is 6.04 Å². The van der Waals surface area contributed by atoms with Crippen molar-refractivity contribution in [2.45, 2.75) is 26.4 Å². The summed E-state index contributed by atoms with van der Waals surface area (Å²) >= 11 is 0. The van der Waals surface area contributed by atoms with Gasteiger partial charge in [-0.05, 0) is 51.2 Å². The lowest BCUT2D eigenvalue weighted by molar-refractivity contribution is -0.120. The molecule has 0 radical (unpaired) electrons. The van der Waals surface area contributed by atoms with Gasteiger partial charge >= 0.3 is 0 Å². The van der Waals surface area contributed by atoms with Crippen LogP contribution >= 0.6 is 0 Å². The highest BCUT2D eigenvalue weighted by Crippen LogP contribution is 2.14. The van der Waals surface area contributed by atoms with E-state index in [0.717, 1.165) is 0 Å². The number of nitrogens with zero attached hydrogens (tertiary/aromatic N) is 1. The number of halogens is 1. The molecule has 2 rings (SSSR count). The molecular formula is C19H21FN2O2. The summed E-state index contributed by atoms with van der Waals surface area (Å²) < 4.78 is 13.7. The summed E-state index contributed by atoms with van der Waals surface area (Å²) in [5.74, 6) is -0.493. The molecule has 5 heteroatoms. The molecule has 4 nitrogen and oxygen atoms in total. The van der Waals surface area contributed by atoms with Crippen LogP contribution in [0.5, 0.6) is 0 Å². The summed E-state index contributed by atoms with van der Waals surface area (Å²) in [6.07, 6.45) is 0. The van der Waals surface area contributed by atoms with Gasteiger partial charge in [0.1, 0.15) is 5.82 Å². The number of hydrogen-bond donors (Lipinski definition) is 1. The predicted octanol–water partition coefficient (Wildman–Crippen LogP) is 3.49. The molecular weight excluding hydrogens is 307 g/mol. The van der Waals surface area contributed by atoms with Crippen LogP contribution in [0.2, 0.25) is 0 Å². The molecule has 0 saturated carbocycles. The Morgan fingerprint density at radius 3 is 2.33 bits per heavy atom. The number of amides is 1. The molecule has 1 amide bonds. The van der Waals surface area contributed by atoms with Gasteiger partial charge in [-0.25, -0.2) is 4.39 Å². The van der Waals surface area contributed by atoms with Gasteiger partial charge in [0.15, 0.2) is 5.78 Å². The number of anilines is 1. The van der Waals surface area contributed by atoms with Crippen molar-refractivity contribution in [3.63, 3.8) is 0 Å². The highest BCUT2D eigenvalue weighted by Gasteiger charge is 2.19. The van der Waals surface area contributed by atoms with Crippen molar-refractivity contribution in [3.05, 3.63) is 65.5 Å². The Bertz CT molecular complexity index is 728. The first-order valence-corrected chi connectivity index (χ1v) is 7.74. The number of Topliss-reactive ketones (excluding diaryl/α,β-unsaturated/α-hetero) is 1. The average Bonchev–Trinajstić information content (AvgIpc) is 2.56. The molecule has 0 aromatic heterocycles. The molecule has 0 fully saturated rings. The van der Waals surface area contributed by atoms with E-state index in [9.17, 15) is 14.0 Å². The third kappa shape index (κ3) is 4.49. The first-order chi connectivity index (χ1) is 11.4. The molecule has 2 aromatic carbocycles. The van der Waals surface area contributed by atoms with Crippen LogP contribution in [0.3, 0.4) is 0 Å². The van der Waals surface area contributed by atoms with Crippen LogP contribution in [0.15, 0.2) is 48.5 Å². The zero-order chi connectivity index (χ0) is 17.7. The number of nitrogens with one attached hydrogen (secondary N) is 1. The SMILES string of the molecule is CC(=O)c1ccc(NC(=O)C(C)N(C)Cc2ccccc2F)cc1. The van der Waals surface area contributed by atoms with Crippen molar-refractivity contribution in [3.8, 4) is 0 Å². The molecule has 0 aliphatic heterocycles. The largest absolute Gasteiger partial charge is 0.325 e.